The molecule has 1 aliphatic rings. The lowest BCUT2D eigenvalue weighted by molar-refractivity contribution is 0.311. The molecule has 0 saturated carbocycles. The van der Waals surface area contributed by atoms with Crippen LogP contribution >= 0.6 is 0 Å². The van der Waals surface area contributed by atoms with E-state index in [2.05, 4.69) is 36.2 Å². The molecule has 15 heavy (non-hydrogen) atoms. The van der Waals surface area contributed by atoms with Crippen LogP contribution in [0.25, 0.3) is 0 Å². The first-order chi connectivity index (χ1) is 7.07. The average molecular weight is 209 g/mol. The van der Waals surface area contributed by atoms with Crippen molar-refractivity contribution in [1.82, 2.24) is 15.5 Å². The molecule has 0 spiro atoms. The zero-order valence-electron chi connectivity index (χ0n) is 9.71. The Kier molecular flexibility index (Phi) is 2.78. The number of nitrogens with zero attached hydrogens (tertiary/aromatic N) is 2. The molecule has 1 aromatic rings. The molecule has 1 N–H and O–H groups in total. The van der Waals surface area contributed by atoms with E-state index in [0.29, 0.717) is 6.04 Å². The van der Waals surface area contributed by atoms with Crippen molar-refractivity contribution in [2.24, 2.45) is 0 Å². The smallest absolute Gasteiger partial charge is 0.232 e. The predicted octanol–water partition coefficient (Wildman–Crippen LogP) is 2.18. The van der Waals surface area contributed by atoms with Crippen LogP contribution in [-0.4, -0.2) is 16.7 Å². The molecule has 0 radical (unpaired) electrons. The Bertz CT molecular complexity index is 321. The molecular weight excluding hydrogens is 190 g/mol. The molecule has 0 aliphatic carbocycles. The van der Waals surface area contributed by atoms with Crippen molar-refractivity contribution in [1.29, 1.82) is 0 Å². The molecule has 2 heterocycles. The van der Waals surface area contributed by atoms with Gasteiger partial charge >= 0.3 is 0 Å². The lowest BCUT2D eigenvalue weighted by Gasteiger charge is -2.20. The molecule has 1 fully saturated rings. The Morgan fingerprint density at radius 2 is 2.13 bits per heavy atom. The third-order valence-electron chi connectivity index (χ3n) is 2.71. The molecule has 4 nitrogen and oxygen atoms in total. The summed E-state index contributed by atoms with van der Waals surface area (Å²) >= 11 is 0. The van der Waals surface area contributed by atoms with Crippen molar-refractivity contribution in [3.63, 3.8) is 0 Å². The van der Waals surface area contributed by atoms with Crippen LogP contribution in [0.4, 0.5) is 0 Å². The molecule has 0 amide bonds. The van der Waals surface area contributed by atoms with Gasteiger partial charge in [-0.3, -0.25) is 0 Å². The van der Waals surface area contributed by atoms with Gasteiger partial charge in [0.25, 0.3) is 0 Å². The highest BCUT2D eigenvalue weighted by molar-refractivity contribution is 5.02. The quantitative estimate of drug-likeness (QED) is 0.770. The predicted molar refractivity (Wildman–Crippen MR) is 57.6 cm³/mol. The molecule has 84 valence electrons. The summed E-state index contributed by atoms with van der Waals surface area (Å²) in [5.74, 6) is 1.55. The second-order valence-corrected chi connectivity index (χ2v) is 5.21. The van der Waals surface area contributed by atoms with Crippen LogP contribution in [0.1, 0.15) is 57.8 Å². The number of nitrogens with one attached hydrogen (secondary N) is 1. The number of hydrogen-bond donors (Lipinski definition) is 1. The number of aromatic nitrogens is 2. The van der Waals surface area contributed by atoms with Crippen LogP contribution in [0.3, 0.4) is 0 Å². The van der Waals surface area contributed by atoms with E-state index in [0.717, 1.165) is 24.7 Å². The minimum atomic E-state index is -0.0556. The Morgan fingerprint density at radius 3 is 2.67 bits per heavy atom. The maximum absolute atomic E-state index is 5.28. The zero-order chi connectivity index (χ0) is 10.9. The van der Waals surface area contributed by atoms with Crippen molar-refractivity contribution in [2.45, 2.75) is 51.5 Å². The minimum absolute atomic E-state index is 0.0556. The summed E-state index contributed by atoms with van der Waals surface area (Å²) in [6.07, 6.45) is 3.61. The highest BCUT2D eigenvalue weighted by atomic mass is 16.5. The lowest BCUT2D eigenvalue weighted by atomic mass is 9.97. The number of hydrogen-bond acceptors (Lipinski definition) is 4. The van der Waals surface area contributed by atoms with E-state index in [1.54, 1.807) is 0 Å². The van der Waals surface area contributed by atoms with Crippen molar-refractivity contribution < 1.29 is 4.52 Å². The van der Waals surface area contributed by atoms with Gasteiger partial charge in [-0.15, -0.1) is 0 Å². The van der Waals surface area contributed by atoms with Crippen LogP contribution in [-0.2, 0) is 5.41 Å². The third kappa shape index (κ3) is 2.37. The van der Waals surface area contributed by atoms with Crippen LogP contribution in [0.5, 0.6) is 0 Å². The van der Waals surface area contributed by atoms with Crippen LogP contribution < -0.4 is 5.32 Å². The fourth-order valence-corrected chi connectivity index (χ4v) is 1.75. The fourth-order valence-electron chi connectivity index (χ4n) is 1.75. The molecule has 4 heteroatoms. The summed E-state index contributed by atoms with van der Waals surface area (Å²) in [7, 11) is 0. The molecule has 0 bridgehead atoms. The third-order valence-corrected chi connectivity index (χ3v) is 2.71. The number of piperidine rings is 1. The monoisotopic (exact) mass is 209 g/mol. The first-order valence-corrected chi connectivity index (χ1v) is 5.65. The molecule has 1 unspecified atom stereocenters. The molecule has 1 atom stereocenters. The summed E-state index contributed by atoms with van der Waals surface area (Å²) < 4.78 is 5.28. The Balaban J connectivity index is 2.12. The highest BCUT2D eigenvalue weighted by Crippen LogP contribution is 2.24. The van der Waals surface area contributed by atoms with E-state index < -0.39 is 0 Å². The molecule has 1 aliphatic heterocycles. The van der Waals surface area contributed by atoms with E-state index in [1.807, 2.05) is 0 Å². The van der Waals surface area contributed by atoms with E-state index in [4.69, 9.17) is 4.52 Å². The Morgan fingerprint density at radius 1 is 1.33 bits per heavy atom. The van der Waals surface area contributed by atoms with Crippen LogP contribution in [0.2, 0.25) is 0 Å². The Labute approximate surface area is 90.4 Å². The van der Waals surface area contributed by atoms with E-state index >= 15 is 0 Å². The van der Waals surface area contributed by atoms with Gasteiger partial charge in [0, 0.05) is 5.41 Å². The van der Waals surface area contributed by atoms with E-state index in [-0.39, 0.29) is 5.41 Å². The molecule has 0 aromatic carbocycles. The van der Waals surface area contributed by atoms with Gasteiger partial charge in [-0.2, -0.15) is 4.98 Å². The average Bonchev–Trinajstić information content (AvgIpc) is 2.67. The van der Waals surface area contributed by atoms with Gasteiger partial charge in [-0.1, -0.05) is 32.3 Å². The van der Waals surface area contributed by atoms with E-state index in [9.17, 15) is 0 Å². The van der Waals surface area contributed by atoms with Gasteiger partial charge in [-0.05, 0) is 19.4 Å². The highest BCUT2D eigenvalue weighted by Gasteiger charge is 2.25. The Hall–Kier alpha value is -0.900. The van der Waals surface area contributed by atoms with Gasteiger partial charge in [0.05, 0.1) is 6.04 Å². The van der Waals surface area contributed by atoms with Gasteiger partial charge in [-0.25, -0.2) is 0 Å². The standard InChI is InChI=1S/C11H19N3O/c1-11(2,3)10-13-9(14-15-10)8-6-4-5-7-12-8/h8,12H,4-7H2,1-3H3. The van der Waals surface area contributed by atoms with Gasteiger partial charge in [0.1, 0.15) is 0 Å². The lowest BCUT2D eigenvalue weighted by Crippen LogP contribution is -2.27. The second-order valence-electron chi connectivity index (χ2n) is 5.21. The van der Waals surface area contributed by atoms with Crippen LogP contribution in [0, 0.1) is 0 Å². The molecular formula is C11H19N3O. The second kappa shape index (κ2) is 3.93. The fraction of sp³-hybridized carbons (Fsp3) is 0.818. The summed E-state index contributed by atoms with van der Waals surface area (Å²) in [4.78, 5) is 4.46. The minimum Gasteiger partial charge on any atom is -0.339 e. The van der Waals surface area contributed by atoms with Crippen molar-refractivity contribution in [3.05, 3.63) is 11.7 Å². The van der Waals surface area contributed by atoms with Crippen molar-refractivity contribution in [3.8, 4) is 0 Å². The first kappa shape index (κ1) is 10.6. The summed E-state index contributed by atoms with van der Waals surface area (Å²) in [6.45, 7) is 7.31. The SMILES string of the molecule is CC(C)(C)c1nc(C2CCCCN2)no1. The van der Waals surface area contributed by atoms with Gasteiger partial charge in [0.2, 0.25) is 5.89 Å². The van der Waals surface area contributed by atoms with E-state index in [1.165, 1.54) is 12.8 Å². The van der Waals surface area contributed by atoms with Crippen LogP contribution in [0.15, 0.2) is 4.52 Å². The molecule has 1 saturated heterocycles. The zero-order valence-corrected chi connectivity index (χ0v) is 9.71. The first-order valence-electron chi connectivity index (χ1n) is 5.65. The number of rotatable bonds is 1. The molecule has 2 rings (SSSR count). The van der Waals surface area contributed by atoms with Crippen molar-refractivity contribution >= 4 is 0 Å². The van der Waals surface area contributed by atoms with Gasteiger partial charge in [0.15, 0.2) is 5.82 Å². The maximum Gasteiger partial charge on any atom is 0.232 e. The largest absolute Gasteiger partial charge is 0.339 e. The summed E-state index contributed by atoms with van der Waals surface area (Å²) in [5, 5.41) is 7.47. The summed E-state index contributed by atoms with van der Waals surface area (Å²) in [6, 6.07) is 0.290. The summed E-state index contributed by atoms with van der Waals surface area (Å²) in [5.41, 5.74) is -0.0556. The van der Waals surface area contributed by atoms with Gasteiger partial charge < -0.3 is 9.84 Å². The maximum atomic E-state index is 5.28. The normalized spacial score (nSPS) is 23.0. The topological polar surface area (TPSA) is 51.0 Å². The molecule has 1 aromatic heterocycles. The van der Waals surface area contributed by atoms with Crippen molar-refractivity contribution in [2.75, 3.05) is 6.54 Å².